The van der Waals surface area contributed by atoms with Gasteiger partial charge < -0.3 is 14.9 Å². The molecule has 152 valence electrons. The average Bonchev–Trinajstić information content (AvgIpc) is 2.72. The van der Waals surface area contributed by atoms with Crippen molar-refractivity contribution in [1.82, 2.24) is 4.98 Å². The first-order valence-corrected chi connectivity index (χ1v) is 9.67. The summed E-state index contributed by atoms with van der Waals surface area (Å²) in [6.45, 7) is 0. The topological polar surface area (TPSA) is 109 Å². The number of aliphatic carboxylic acids is 1. The highest BCUT2D eigenvalue weighted by molar-refractivity contribution is 9.10. The molecule has 0 saturated heterocycles. The number of pyridine rings is 1. The zero-order valence-electron chi connectivity index (χ0n) is 15.6. The highest BCUT2D eigenvalue weighted by atomic mass is 79.9. The number of esters is 1. The van der Waals surface area contributed by atoms with E-state index in [0.717, 1.165) is 5.56 Å². The van der Waals surface area contributed by atoms with E-state index >= 15 is 0 Å². The van der Waals surface area contributed by atoms with Crippen LogP contribution in [-0.4, -0.2) is 39.4 Å². The Kier molecular flexibility index (Phi) is 6.92. The molecule has 1 heterocycles. The van der Waals surface area contributed by atoms with E-state index in [0.29, 0.717) is 15.6 Å². The molecular weight excluding hydrogens is 452 g/mol. The Hall–Kier alpha value is -3.52. The highest BCUT2D eigenvalue weighted by Gasteiger charge is 2.16. The fourth-order valence-electron chi connectivity index (χ4n) is 2.60. The number of carbonyl (C=O) groups is 2. The van der Waals surface area contributed by atoms with Gasteiger partial charge in [-0.15, -0.1) is 0 Å². The van der Waals surface area contributed by atoms with Crippen LogP contribution in [0.15, 0.2) is 76.5 Å². The van der Waals surface area contributed by atoms with Crippen molar-refractivity contribution in [2.45, 2.75) is 12.5 Å². The molecule has 0 aliphatic rings. The minimum Gasteiger partial charge on any atom is -0.508 e. The molecule has 30 heavy (non-hydrogen) atoms. The minimum atomic E-state index is -1.07. The van der Waals surface area contributed by atoms with Gasteiger partial charge in [-0.05, 0) is 53.6 Å². The van der Waals surface area contributed by atoms with Crippen LogP contribution in [0.2, 0.25) is 0 Å². The molecule has 0 spiro atoms. The number of carboxylic acid groups (broad SMARTS) is 1. The van der Waals surface area contributed by atoms with E-state index in [4.69, 9.17) is 4.74 Å². The van der Waals surface area contributed by atoms with Crippen LogP contribution in [0.25, 0.3) is 0 Å². The van der Waals surface area contributed by atoms with Crippen LogP contribution in [0.3, 0.4) is 0 Å². The third kappa shape index (κ3) is 5.99. The quantitative estimate of drug-likeness (QED) is 0.309. The minimum absolute atomic E-state index is 0.108. The van der Waals surface area contributed by atoms with Gasteiger partial charge in [-0.2, -0.15) is 0 Å². The third-order valence-electron chi connectivity index (χ3n) is 4.06. The number of aromatic nitrogens is 1. The molecule has 2 N–H and O–H groups in total. The first-order valence-electron chi connectivity index (χ1n) is 8.87. The number of carbonyl (C=O) groups excluding carboxylic acids is 1. The second-order valence-corrected chi connectivity index (χ2v) is 7.27. The number of phenols is 1. The van der Waals surface area contributed by atoms with Gasteiger partial charge in [-0.3, -0.25) is 9.98 Å². The number of aliphatic imine (C=N–C) groups is 1. The van der Waals surface area contributed by atoms with Crippen LogP contribution in [0.1, 0.15) is 21.5 Å². The largest absolute Gasteiger partial charge is 0.508 e. The number of halogens is 1. The number of hydrogen-bond acceptors (Lipinski definition) is 6. The van der Waals surface area contributed by atoms with E-state index in [1.165, 1.54) is 24.5 Å². The van der Waals surface area contributed by atoms with E-state index in [1.54, 1.807) is 48.7 Å². The summed E-state index contributed by atoms with van der Waals surface area (Å²) in [5.74, 6) is -1.24. The molecule has 0 amide bonds. The molecule has 3 aromatic rings. The van der Waals surface area contributed by atoms with Gasteiger partial charge in [0.05, 0.1) is 5.56 Å². The van der Waals surface area contributed by atoms with Crippen molar-refractivity contribution in [1.29, 1.82) is 0 Å². The van der Waals surface area contributed by atoms with E-state index < -0.39 is 18.0 Å². The predicted octanol–water partition coefficient (Wildman–Crippen LogP) is 3.88. The van der Waals surface area contributed by atoms with E-state index in [-0.39, 0.29) is 17.9 Å². The SMILES string of the molecule is O=C(Oc1cc(Br)cc(C=NC(Cc2ccc(O)cc2)C(=O)O)c1)c1cccnc1. The lowest BCUT2D eigenvalue weighted by molar-refractivity contribution is -0.138. The van der Waals surface area contributed by atoms with Crippen molar-refractivity contribution in [2.24, 2.45) is 4.99 Å². The van der Waals surface area contributed by atoms with Crippen molar-refractivity contribution in [2.75, 3.05) is 0 Å². The Morgan fingerprint density at radius 1 is 1.17 bits per heavy atom. The van der Waals surface area contributed by atoms with Gasteiger partial charge in [-0.1, -0.05) is 28.1 Å². The van der Waals surface area contributed by atoms with Crippen LogP contribution in [0.4, 0.5) is 0 Å². The van der Waals surface area contributed by atoms with Crippen molar-refractivity contribution >= 4 is 34.1 Å². The molecule has 0 radical (unpaired) electrons. The van der Waals surface area contributed by atoms with Crippen molar-refractivity contribution in [3.63, 3.8) is 0 Å². The third-order valence-corrected chi connectivity index (χ3v) is 4.51. The summed E-state index contributed by atoms with van der Waals surface area (Å²) in [5, 5.41) is 18.8. The lowest BCUT2D eigenvalue weighted by atomic mass is 10.1. The molecule has 0 saturated carbocycles. The Labute approximate surface area is 180 Å². The zero-order valence-corrected chi connectivity index (χ0v) is 17.2. The number of nitrogens with zero attached hydrogens (tertiary/aromatic N) is 2. The van der Waals surface area contributed by atoms with Crippen molar-refractivity contribution in [3.8, 4) is 11.5 Å². The maximum Gasteiger partial charge on any atom is 0.345 e. The molecule has 0 aliphatic heterocycles. The lowest BCUT2D eigenvalue weighted by Gasteiger charge is -2.09. The normalized spacial score (nSPS) is 11.9. The molecule has 1 atom stereocenters. The number of rotatable bonds is 7. The second kappa shape index (κ2) is 9.80. The van der Waals surface area contributed by atoms with E-state index in [9.17, 15) is 19.8 Å². The fraction of sp³-hybridized carbons (Fsp3) is 0.0909. The van der Waals surface area contributed by atoms with Gasteiger partial charge in [0.2, 0.25) is 0 Å². The number of ether oxygens (including phenoxy) is 1. The number of hydrogen-bond donors (Lipinski definition) is 2. The lowest BCUT2D eigenvalue weighted by Crippen LogP contribution is -2.20. The maximum atomic E-state index is 12.2. The van der Waals surface area contributed by atoms with Gasteiger partial charge in [0.1, 0.15) is 11.5 Å². The highest BCUT2D eigenvalue weighted by Crippen LogP contribution is 2.22. The van der Waals surface area contributed by atoms with Crippen LogP contribution < -0.4 is 4.74 Å². The van der Waals surface area contributed by atoms with Crippen LogP contribution in [0, 0.1) is 0 Å². The number of benzene rings is 2. The molecule has 0 fully saturated rings. The Morgan fingerprint density at radius 2 is 1.93 bits per heavy atom. The Balaban J connectivity index is 1.75. The number of aromatic hydroxyl groups is 1. The van der Waals surface area contributed by atoms with Gasteiger partial charge in [-0.25, -0.2) is 9.59 Å². The summed E-state index contributed by atoms with van der Waals surface area (Å²) in [5.41, 5.74) is 1.61. The van der Waals surface area contributed by atoms with E-state index in [2.05, 4.69) is 25.9 Å². The monoisotopic (exact) mass is 468 g/mol. The van der Waals surface area contributed by atoms with Gasteiger partial charge in [0.25, 0.3) is 0 Å². The molecule has 1 aromatic heterocycles. The first-order chi connectivity index (χ1) is 14.4. The van der Waals surface area contributed by atoms with Crippen LogP contribution >= 0.6 is 15.9 Å². The summed E-state index contributed by atoms with van der Waals surface area (Å²) in [6, 6.07) is 13.4. The Morgan fingerprint density at radius 3 is 2.60 bits per heavy atom. The fourth-order valence-corrected chi connectivity index (χ4v) is 3.09. The molecule has 2 aromatic carbocycles. The molecule has 1 unspecified atom stereocenters. The number of phenolic OH excluding ortho intramolecular Hbond substituents is 1. The first kappa shape index (κ1) is 21.2. The van der Waals surface area contributed by atoms with Gasteiger partial charge >= 0.3 is 11.9 Å². The summed E-state index contributed by atoms with van der Waals surface area (Å²) in [6.07, 6.45) is 4.55. The van der Waals surface area contributed by atoms with Crippen LogP contribution in [-0.2, 0) is 11.2 Å². The van der Waals surface area contributed by atoms with Crippen LogP contribution in [0.5, 0.6) is 11.5 Å². The predicted molar refractivity (Wildman–Crippen MR) is 114 cm³/mol. The molecule has 0 aliphatic carbocycles. The Bertz CT molecular complexity index is 1070. The maximum absolute atomic E-state index is 12.2. The standard InChI is InChI=1S/C22H17BrN2O5/c23-17-8-15(9-19(11-17)30-22(29)16-2-1-7-24-13-16)12-25-20(21(27)28)10-14-3-5-18(26)6-4-14/h1-9,11-13,20,26H,10H2,(H,27,28). The van der Waals surface area contributed by atoms with E-state index in [1.807, 2.05) is 0 Å². The summed E-state index contributed by atoms with van der Waals surface area (Å²) in [4.78, 5) is 31.9. The molecule has 0 bridgehead atoms. The summed E-state index contributed by atoms with van der Waals surface area (Å²) in [7, 11) is 0. The number of carboxylic acids is 1. The molecule has 7 nitrogen and oxygen atoms in total. The van der Waals surface area contributed by atoms with Gasteiger partial charge in [0.15, 0.2) is 6.04 Å². The molecule has 3 rings (SSSR count). The molecular formula is C22H17BrN2O5. The average molecular weight is 469 g/mol. The summed E-state index contributed by atoms with van der Waals surface area (Å²) >= 11 is 3.35. The second-order valence-electron chi connectivity index (χ2n) is 6.35. The zero-order chi connectivity index (χ0) is 21.5. The van der Waals surface area contributed by atoms with Gasteiger partial charge in [0, 0.05) is 29.5 Å². The summed E-state index contributed by atoms with van der Waals surface area (Å²) < 4.78 is 6.02. The van der Waals surface area contributed by atoms with Crippen molar-refractivity contribution < 1.29 is 24.5 Å². The smallest absolute Gasteiger partial charge is 0.345 e. The molecule has 8 heteroatoms. The van der Waals surface area contributed by atoms with Crippen molar-refractivity contribution in [3.05, 3.63) is 88.2 Å².